The average Bonchev–Trinajstić information content (AvgIpc) is 2.36. The topological polar surface area (TPSA) is 89.9 Å². The lowest BCUT2D eigenvalue weighted by Gasteiger charge is -2.19. The molecule has 1 amide bonds. The monoisotopic (exact) mass is 291 g/mol. The molecule has 0 spiro atoms. The average molecular weight is 291 g/mol. The number of hydrogen-bond donors (Lipinski definition) is 1. The lowest BCUT2D eigenvalue weighted by molar-refractivity contribution is 0.0636. The summed E-state index contributed by atoms with van der Waals surface area (Å²) in [6.45, 7) is 5.20. The molecule has 0 saturated heterocycles. The van der Waals surface area contributed by atoms with Gasteiger partial charge in [0, 0.05) is 11.3 Å². The van der Waals surface area contributed by atoms with E-state index < -0.39 is 17.5 Å². The molecule has 0 aliphatic rings. The summed E-state index contributed by atoms with van der Waals surface area (Å²) >= 11 is 0. The minimum Gasteiger partial charge on any atom is -0.444 e. The zero-order valence-electron chi connectivity index (χ0n) is 11.8. The fourth-order valence-corrected chi connectivity index (χ4v) is 1.53. The summed E-state index contributed by atoms with van der Waals surface area (Å²) in [6.07, 6.45) is 0.493. The van der Waals surface area contributed by atoms with Crippen LogP contribution in [0.15, 0.2) is 24.5 Å². The zero-order chi connectivity index (χ0) is 15.5. The maximum atomic E-state index is 13.6. The molecular formula is C13H14FN5O2. The first-order valence-electron chi connectivity index (χ1n) is 6.15. The molecule has 0 unspecified atom stereocenters. The predicted octanol–water partition coefficient (Wildman–Crippen LogP) is 2.42. The van der Waals surface area contributed by atoms with Crippen LogP contribution in [0.2, 0.25) is 0 Å². The molecule has 0 aliphatic carbocycles. The predicted molar refractivity (Wildman–Crippen MR) is 72.9 cm³/mol. The molecule has 0 aliphatic heterocycles. The molecule has 0 atom stereocenters. The first-order chi connectivity index (χ1) is 9.83. The van der Waals surface area contributed by atoms with Gasteiger partial charge in [0.25, 0.3) is 0 Å². The fraction of sp³-hybridized carbons (Fsp3) is 0.308. The third kappa shape index (κ3) is 4.44. The molecular weight excluding hydrogens is 277 g/mol. The van der Waals surface area contributed by atoms with Crippen LogP contribution in [0.4, 0.5) is 14.9 Å². The number of nitrogens with zero attached hydrogens (tertiary/aromatic N) is 4. The van der Waals surface area contributed by atoms with Gasteiger partial charge in [0.1, 0.15) is 11.4 Å². The van der Waals surface area contributed by atoms with Gasteiger partial charge in [0.15, 0.2) is 6.33 Å². The maximum absolute atomic E-state index is 13.6. The van der Waals surface area contributed by atoms with Crippen LogP contribution in [0.5, 0.6) is 0 Å². The number of carbonyl (C=O) groups excluding carboxylic acids is 1. The molecule has 1 aromatic carbocycles. The number of hydrogen-bond acceptors (Lipinski definition) is 6. The second kappa shape index (κ2) is 5.78. The maximum Gasteiger partial charge on any atom is 0.412 e. The fourth-order valence-electron chi connectivity index (χ4n) is 1.53. The Labute approximate surface area is 120 Å². The van der Waals surface area contributed by atoms with Crippen molar-refractivity contribution in [2.45, 2.75) is 26.4 Å². The Morgan fingerprint density at radius 1 is 1.19 bits per heavy atom. The summed E-state index contributed by atoms with van der Waals surface area (Å²) < 4.78 is 18.7. The van der Waals surface area contributed by atoms with Gasteiger partial charge >= 0.3 is 6.09 Å². The summed E-state index contributed by atoms with van der Waals surface area (Å²) in [5.74, 6) is -0.393. The van der Waals surface area contributed by atoms with E-state index in [1.807, 2.05) is 0 Å². The second-order valence-electron chi connectivity index (χ2n) is 5.23. The number of aromatic nitrogens is 4. The number of nitrogens with one attached hydrogen (secondary N) is 1. The van der Waals surface area contributed by atoms with E-state index in [4.69, 9.17) is 4.74 Å². The third-order valence-corrected chi connectivity index (χ3v) is 2.21. The molecule has 0 saturated carbocycles. The molecule has 2 rings (SSSR count). The summed E-state index contributed by atoms with van der Waals surface area (Å²) in [5.41, 5.74) is -0.0651. The number of halogens is 1. The van der Waals surface area contributed by atoms with E-state index in [9.17, 15) is 9.18 Å². The van der Waals surface area contributed by atoms with Crippen LogP contribution in [0.3, 0.4) is 0 Å². The lowest BCUT2D eigenvalue weighted by atomic mass is 10.2. The Bertz CT molecular complexity index is 643. The number of anilines is 1. The van der Waals surface area contributed by atoms with Crippen LogP contribution in [0.25, 0.3) is 11.4 Å². The summed E-state index contributed by atoms with van der Waals surface area (Å²) in [5, 5.41) is 17.1. The van der Waals surface area contributed by atoms with Crippen molar-refractivity contribution >= 4 is 11.8 Å². The second-order valence-corrected chi connectivity index (χ2v) is 5.23. The molecule has 1 heterocycles. The minimum atomic E-state index is -0.677. The number of rotatable bonds is 2. The van der Waals surface area contributed by atoms with Gasteiger partial charge in [-0.05, 0) is 39.0 Å². The smallest absolute Gasteiger partial charge is 0.412 e. The standard InChI is InChI=1S/C13H14FN5O2/c1-13(2,3)21-12(20)17-10-5-8(4-9(14)6-10)11-18-15-7-16-19-11/h4-7H,1-3H3,(H,17,20). The summed E-state index contributed by atoms with van der Waals surface area (Å²) in [7, 11) is 0. The van der Waals surface area contributed by atoms with E-state index in [1.165, 1.54) is 18.5 Å². The van der Waals surface area contributed by atoms with Crippen LogP contribution >= 0.6 is 0 Å². The Morgan fingerprint density at radius 2 is 1.86 bits per heavy atom. The van der Waals surface area contributed by atoms with E-state index in [0.717, 1.165) is 6.07 Å². The van der Waals surface area contributed by atoms with Crippen molar-refractivity contribution in [2.24, 2.45) is 0 Å². The molecule has 110 valence electrons. The third-order valence-electron chi connectivity index (χ3n) is 2.21. The van der Waals surface area contributed by atoms with Crippen LogP contribution in [0, 0.1) is 5.82 Å². The number of ether oxygens (including phenoxy) is 1. The number of carbonyl (C=O) groups is 1. The summed E-state index contributed by atoms with van der Waals surface area (Å²) in [4.78, 5) is 11.7. The van der Waals surface area contributed by atoms with Crippen LogP contribution in [0.1, 0.15) is 20.8 Å². The SMILES string of the molecule is CC(C)(C)OC(=O)Nc1cc(F)cc(-c2nncnn2)c1. The highest BCUT2D eigenvalue weighted by atomic mass is 19.1. The zero-order valence-corrected chi connectivity index (χ0v) is 11.8. The summed E-state index contributed by atoms with van der Waals surface area (Å²) in [6, 6.07) is 3.89. The molecule has 0 fully saturated rings. The van der Waals surface area contributed by atoms with Gasteiger partial charge in [-0.2, -0.15) is 0 Å². The van der Waals surface area contributed by atoms with E-state index in [1.54, 1.807) is 20.8 Å². The Morgan fingerprint density at radius 3 is 2.48 bits per heavy atom. The van der Waals surface area contributed by atoms with Gasteiger partial charge in [-0.3, -0.25) is 5.32 Å². The Kier molecular flexibility index (Phi) is 4.06. The molecule has 8 heteroatoms. The number of amides is 1. The van der Waals surface area contributed by atoms with Gasteiger partial charge < -0.3 is 4.74 Å². The number of benzene rings is 1. The molecule has 1 aromatic heterocycles. The van der Waals surface area contributed by atoms with Gasteiger partial charge in [0.2, 0.25) is 5.82 Å². The van der Waals surface area contributed by atoms with E-state index in [2.05, 4.69) is 25.7 Å². The van der Waals surface area contributed by atoms with E-state index in [0.29, 0.717) is 5.56 Å². The van der Waals surface area contributed by atoms with E-state index in [-0.39, 0.29) is 11.5 Å². The van der Waals surface area contributed by atoms with Crippen molar-refractivity contribution in [3.63, 3.8) is 0 Å². The first kappa shape index (κ1) is 14.8. The highest BCUT2D eigenvalue weighted by Crippen LogP contribution is 2.21. The quantitative estimate of drug-likeness (QED) is 0.913. The van der Waals surface area contributed by atoms with Crippen molar-refractivity contribution in [3.05, 3.63) is 30.3 Å². The highest BCUT2D eigenvalue weighted by molar-refractivity contribution is 5.85. The highest BCUT2D eigenvalue weighted by Gasteiger charge is 2.17. The van der Waals surface area contributed by atoms with Crippen LogP contribution < -0.4 is 5.32 Å². The minimum absolute atomic E-state index is 0.157. The van der Waals surface area contributed by atoms with Gasteiger partial charge in [-0.25, -0.2) is 9.18 Å². The van der Waals surface area contributed by atoms with Gasteiger partial charge in [0.05, 0.1) is 0 Å². The Balaban J connectivity index is 2.22. The molecule has 0 bridgehead atoms. The van der Waals surface area contributed by atoms with Crippen molar-refractivity contribution in [1.29, 1.82) is 0 Å². The molecule has 0 radical (unpaired) electrons. The Hall–Kier alpha value is -2.64. The lowest BCUT2D eigenvalue weighted by Crippen LogP contribution is -2.27. The largest absolute Gasteiger partial charge is 0.444 e. The van der Waals surface area contributed by atoms with Crippen molar-refractivity contribution < 1.29 is 13.9 Å². The molecule has 1 N–H and O–H groups in total. The van der Waals surface area contributed by atoms with Crippen molar-refractivity contribution in [2.75, 3.05) is 5.32 Å². The van der Waals surface area contributed by atoms with Gasteiger partial charge in [-0.15, -0.1) is 20.4 Å². The van der Waals surface area contributed by atoms with E-state index >= 15 is 0 Å². The molecule has 7 nitrogen and oxygen atoms in total. The van der Waals surface area contributed by atoms with Crippen LogP contribution in [-0.2, 0) is 4.74 Å². The van der Waals surface area contributed by atoms with Crippen LogP contribution in [-0.4, -0.2) is 32.1 Å². The normalized spacial score (nSPS) is 11.0. The molecule has 2 aromatic rings. The van der Waals surface area contributed by atoms with Crippen molar-refractivity contribution in [1.82, 2.24) is 20.4 Å². The molecule has 21 heavy (non-hydrogen) atoms. The van der Waals surface area contributed by atoms with Crippen molar-refractivity contribution in [3.8, 4) is 11.4 Å². The first-order valence-corrected chi connectivity index (χ1v) is 6.15. The van der Waals surface area contributed by atoms with Gasteiger partial charge in [-0.1, -0.05) is 0 Å².